The molecule has 4 rings (SSSR count). The summed E-state index contributed by atoms with van der Waals surface area (Å²) < 4.78 is 13.4. The first-order valence-corrected chi connectivity index (χ1v) is 11.1. The van der Waals surface area contributed by atoms with E-state index in [9.17, 15) is 14.0 Å². The Morgan fingerprint density at radius 2 is 2.10 bits per heavy atom. The van der Waals surface area contributed by atoms with Gasteiger partial charge in [-0.15, -0.1) is 11.8 Å². The van der Waals surface area contributed by atoms with E-state index >= 15 is 0 Å². The van der Waals surface area contributed by atoms with Crippen molar-refractivity contribution in [2.75, 3.05) is 16.9 Å². The minimum Gasteiger partial charge on any atom is -0.324 e. The SMILES string of the molecule is Cc1nc(-c2ccsc2)ccc1C(=O)N1CSCC1C(=O)Nc1cccc(F)c1. The summed E-state index contributed by atoms with van der Waals surface area (Å²) in [6, 6.07) is 10.7. The number of carbonyl (C=O) groups excluding carboxylic acids is 2. The van der Waals surface area contributed by atoms with Crippen molar-refractivity contribution in [3.63, 3.8) is 0 Å². The molecular weight excluding hydrogens is 409 g/mol. The quantitative estimate of drug-likeness (QED) is 0.670. The van der Waals surface area contributed by atoms with Gasteiger partial charge in [-0.25, -0.2) is 4.39 Å². The normalized spacial score (nSPS) is 16.1. The molecule has 1 atom stereocenters. The molecule has 8 heteroatoms. The first-order valence-electron chi connectivity index (χ1n) is 8.98. The molecule has 2 amide bonds. The van der Waals surface area contributed by atoms with Crippen LogP contribution in [0.2, 0.25) is 0 Å². The largest absolute Gasteiger partial charge is 0.324 e. The lowest BCUT2D eigenvalue weighted by atomic mass is 10.1. The standard InChI is InChI=1S/C21H18FN3O2S2/c1-13-17(5-6-18(23-13)14-7-8-28-10-14)21(27)25-12-29-11-19(25)20(26)24-16-4-2-3-15(22)9-16/h2-10,19H,11-12H2,1H3,(H,24,26). The van der Waals surface area contributed by atoms with Crippen LogP contribution in [-0.4, -0.2) is 39.4 Å². The summed E-state index contributed by atoms with van der Waals surface area (Å²) in [5.41, 5.74) is 3.31. The van der Waals surface area contributed by atoms with Crippen LogP contribution in [0.4, 0.5) is 10.1 Å². The van der Waals surface area contributed by atoms with Gasteiger partial charge in [-0.05, 0) is 48.7 Å². The van der Waals surface area contributed by atoms with Crippen molar-refractivity contribution < 1.29 is 14.0 Å². The van der Waals surface area contributed by atoms with Gasteiger partial charge in [0.1, 0.15) is 11.9 Å². The molecule has 5 nitrogen and oxygen atoms in total. The molecule has 148 valence electrons. The maximum Gasteiger partial charge on any atom is 0.257 e. The molecule has 1 unspecified atom stereocenters. The number of anilines is 1. The minimum absolute atomic E-state index is 0.226. The van der Waals surface area contributed by atoms with Crippen LogP contribution < -0.4 is 5.32 Å². The van der Waals surface area contributed by atoms with Crippen LogP contribution in [0.25, 0.3) is 11.3 Å². The Hall–Kier alpha value is -2.71. The number of benzene rings is 1. The molecule has 0 saturated carbocycles. The van der Waals surface area contributed by atoms with Crippen LogP contribution in [0, 0.1) is 12.7 Å². The van der Waals surface area contributed by atoms with Crippen molar-refractivity contribution in [1.82, 2.24) is 9.88 Å². The molecule has 1 N–H and O–H groups in total. The smallest absolute Gasteiger partial charge is 0.257 e. The Kier molecular flexibility index (Phi) is 5.64. The molecule has 0 spiro atoms. The third-order valence-electron chi connectivity index (χ3n) is 4.67. The molecular formula is C21H18FN3O2S2. The van der Waals surface area contributed by atoms with Gasteiger partial charge in [-0.2, -0.15) is 11.3 Å². The number of amides is 2. The van der Waals surface area contributed by atoms with E-state index < -0.39 is 11.9 Å². The topological polar surface area (TPSA) is 62.3 Å². The van der Waals surface area contributed by atoms with Crippen LogP contribution >= 0.6 is 23.1 Å². The van der Waals surface area contributed by atoms with Gasteiger partial charge in [0.15, 0.2) is 0 Å². The van der Waals surface area contributed by atoms with E-state index in [4.69, 9.17) is 0 Å². The Balaban J connectivity index is 1.52. The summed E-state index contributed by atoms with van der Waals surface area (Å²) in [5, 5.41) is 6.69. The Morgan fingerprint density at radius 1 is 1.24 bits per heavy atom. The Morgan fingerprint density at radius 3 is 2.83 bits per heavy atom. The van der Waals surface area contributed by atoms with E-state index in [0.717, 1.165) is 11.3 Å². The fraction of sp³-hybridized carbons (Fsp3) is 0.190. The number of hydrogen-bond donors (Lipinski definition) is 1. The van der Waals surface area contributed by atoms with E-state index in [-0.39, 0.29) is 11.8 Å². The van der Waals surface area contributed by atoms with E-state index in [1.54, 1.807) is 35.3 Å². The van der Waals surface area contributed by atoms with Crippen LogP contribution in [-0.2, 0) is 4.79 Å². The molecule has 0 bridgehead atoms. The second-order valence-corrected chi connectivity index (χ2v) is 8.41. The number of halogens is 1. The molecule has 0 aliphatic carbocycles. The molecule has 1 aliphatic heterocycles. The summed E-state index contributed by atoms with van der Waals surface area (Å²) in [5.74, 6) is -0.0623. The zero-order valence-electron chi connectivity index (χ0n) is 15.6. The number of aromatic nitrogens is 1. The summed E-state index contributed by atoms with van der Waals surface area (Å²) in [4.78, 5) is 31.9. The molecule has 1 fully saturated rings. The number of nitrogens with one attached hydrogen (secondary N) is 1. The van der Waals surface area contributed by atoms with Crippen molar-refractivity contribution >= 4 is 40.6 Å². The molecule has 1 aromatic carbocycles. The van der Waals surface area contributed by atoms with Crippen molar-refractivity contribution in [1.29, 1.82) is 0 Å². The Bertz CT molecular complexity index is 1060. The van der Waals surface area contributed by atoms with Crippen molar-refractivity contribution in [3.05, 3.63) is 70.3 Å². The average Bonchev–Trinajstić information content (AvgIpc) is 3.39. The maximum atomic E-state index is 13.4. The molecule has 3 heterocycles. The van der Waals surface area contributed by atoms with Crippen molar-refractivity contribution in [2.24, 2.45) is 0 Å². The lowest BCUT2D eigenvalue weighted by Gasteiger charge is -2.23. The molecule has 1 aliphatic rings. The Labute approximate surface area is 176 Å². The zero-order chi connectivity index (χ0) is 20.4. The number of thiophene rings is 1. The van der Waals surface area contributed by atoms with E-state index in [1.165, 1.54) is 30.0 Å². The number of hydrogen-bond acceptors (Lipinski definition) is 5. The predicted octanol–water partition coefficient (Wildman–Crippen LogP) is 4.41. The number of carbonyl (C=O) groups is 2. The number of thioether (sulfide) groups is 1. The van der Waals surface area contributed by atoms with Gasteiger partial charge in [0.05, 0.1) is 22.8 Å². The number of rotatable bonds is 4. The van der Waals surface area contributed by atoms with Crippen LogP contribution in [0.1, 0.15) is 16.1 Å². The van der Waals surface area contributed by atoms with Crippen LogP contribution in [0.5, 0.6) is 0 Å². The lowest BCUT2D eigenvalue weighted by Crippen LogP contribution is -2.44. The highest BCUT2D eigenvalue weighted by molar-refractivity contribution is 7.99. The molecule has 29 heavy (non-hydrogen) atoms. The van der Waals surface area contributed by atoms with Gasteiger partial charge in [-0.3, -0.25) is 14.6 Å². The molecule has 3 aromatic rings. The number of aryl methyl sites for hydroxylation is 1. The van der Waals surface area contributed by atoms with Gasteiger partial charge in [0.2, 0.25) is 5.91 Å². The van der Waals surface area contributed by atoms with E-state index in [0.29, 0.717) is 28.6 Å². The van der Waals surface area contributed by atoms with Crippen LogP contribution in [0.3, 0.4) is 0 Å². The van der Waals surface area contributed by atoms with Crippen molar-refractivity contribution in [3.8, 4) is 11.3 Å². The van der Waals surface area contributed by atoms with Crippen LogP contribution in [0.15, 0.2) is 53.2 Å². The fourth-order valence-electron chi connectivity index (χ4n) is 3.16. The first kappa shape index (κ1) is 19.6. The fourth-order valence-corrected chi connectivity index (χ4v) is 4.97. The van der Waals surface area contributed by atoms with E-state index in [1.807, 2.05) is 22.9 Å². The van der Waals surface area contributed by atoms with Gasteiger partial charge >= 0.3 is 0 Å². The van der Waals surface area contributed by atoms with Crippen molar-refractivity contribution in [2.45, 2.75) is 13.0 Å². The highest BCUT2D eigenvalue weighted by atomic mass is 32.2. The van der Waals surface area contributed by atoms with E-state index in [2.05, 4.69) is 10.3 Å². The highest BCUT2D eigenvalue weighted by Gasteiger charge is 2.35. The molecule has 0 radical (unpaired) electrons. The summed E-state index contributed by atoms with van der Waals surface area (Å²) in [7, 11) is 0. The maximum absolute atomic E-state index is 13.4. The zero-order valence-corrected chi connectivity index (χ0v) is 17.2. The summed E-state index contributed by atoms with van der Waals surface area (Å²) >= 11 is 3.10. The third kappa shape index (κ3) is 4.18. The molecule has 2 aromatic heterocycles. The van der Waals surface area contributed by atoms with Gasteiger partial charge in [0, 0.05) is 22.4 Å². The molecule has 1 saturated heterocycles. The lowest BCUT2D eigenvalue weighted by molar-refractivity contribution is -0.119. The van der Waals surface area contributed by atoms with Gasteiger partial charge in [0.25, 0.3) is 5.91 Å². The predicted molar refractivity (Wildman–Crippen MR) is 115 cm³/mol. The van der Waals surface area contributed by atoms with Gasteiger partial charge in [-0.1, -0.05) is 6.07 Å². The third-order valence-corrected chi connectivity index (χ3v) is 6.37. The monoisotopic (exact) mass is 427 g/mol. The second kappa shape index (κ2) is 8.34. The first-order chi connectivity index (χ1) is 14.0. The second-order valence-electron chi connectivity index (χ2n) is 6.63. The number of nitrogens with zero attached hydrogens (tertiary/aromatic N) is 2. The summed E-state index contributed by atoms with van der Waals surface area (Å²) in [6.07, 6.45) is 0. The average molecular weight is 428 g/mol. The van der Waals surface area contributed by atoms with Gasteiger partial charge < -0.3 is 10.2 Å². The number of pyridine rings is 1. The summed E-state index contributed by atoms with van der Waals surface area (Å²) in [6.45, 7) is 1.80. The highest BCUT2D eigenvalue weighted by Crippen LogP contribution is 2.27. The minimum atomic E-state index is -0.619.